The zero-order valence-corrected chi connectivity index (χ0v) is 12.2. The molecule has 0 atom stereocenters. The quantitative estimate of drug-likeness (QED) is 0.800. The highest BCUT2D eigenvalue weighted by Crippen LogP contribution is 2.14. The first-order valence-electron chi connectivity index (χ1n) is 5.92. The number of rotatable bonds is 3. The third kappa shape index (κ3) is 2.76. The second-order valence-corrected chi connectivity index (χ2v) is 5.61. The van der Waals surface area contributed by atoms with E-state index in [0.29, 0.717) is 11.7 Å². The average Bonchev–Trinajstić information content (AvgIpc) is 2.76. The predicted octanol–water partition coefficient (Wildman–Crippen LogP) is 1.28. The molecule has 2 aromatic rings. The minimum atomic E-state index is -0.236. The Hall–Kier alpha value is -1.48. The van der Waals surface area contributed by atoms with Gasteiger partial charge in [0, 0.05) is 22.3 Å². The summed E-state index contributed by atoms with van der Waals surface area (Å²) < 4.78 is 2.81. The lowest BCUT2D eigenvalue weighted by molar-refractivity contribution is 0.102. The molecule has 3 rings (SSSR count). The van der Waals surface area contributed by atoms with Crippen molar-refractivity contribution in [3.05, 3.63) is 39.7 Å². The third-order valence-electron chi connectivity index (χ3n) is 2.96. The fourth-order valence-corrected chi connectivity index (χ4v) is 2.32. The van der Waals surface area contributed by atoms with E-state index < -0.39 is 0 Å². The van der Waals surface area contributed by atoms with E-state index in [4.69, 9.17) is 0 Å². The van der Waals surface area contributed by atoms with Gasteiger partial charge in [-0.1, -0.05) is 11.3 Å². The highest BCUT2D eigenvalue weighted by Gasteiger charge is 2.21. The highest BCUT2D eigenvalue weighted by molar-refractivity contribution is 14.1. The number of nitrogens with zero attached hydrogens (tertiary/aromatic N) is 3. The smallest absolute Gasteiger partial charge is 0.277 e. The molecule has 0 bridgehead atoms. The molecule has 98 valence electrons. The first-order chi connectivity index (χ1) is 9.22. The molecule has 2 heterocycles. The molecule has 7 heteroatoms. The second-order valence-electron chi connectivity index (χ2n) is 4.36. The molecular weight excluding hydrogens is 357 g/mol. The SMILES string of the molecule is O=C(Nc1cccc(I)c1)c1cn(C2CNC2)nn1. The number of carbonyl (C=O) groups excluding carboxylic acids is 1. The summed E-state index contributed by atoms with van der Waals surface area (Å²) in [4.78, 5) is 12.0. The molecule has 1 saturated heterocycles. The zero-order chi connectivity index (χ0) is 13.2. The summed E-state index contributed by atoms with van der Waals surface area (Å²) in [7, 11) is 0. The Morgan fingerprint density at radius 1 is 1.47 bits per heavy atom. The van der Waals surface area contributed by atoms with Crippen molar-refractivity contribution in [1.29, 1.82) is 0 Å². The van der Waals surface area contributed by atoms with E-state index in [1.54, 1.807) is 10.9 Å². The van der Waals surface area contributed by atoms with Crippen LogP contribution in [0.5, 0.6) is 0 Å². The van der Waals surface area contributed by atoms with E-state index in [1.807, 2.05) is 24.3 Å². The fourth-order valence-electron chi connectivity index (χ4n) is 1.78. The van der Waals surface area contributed by atoms with E-state index in [-0.39, 0.29) is 5.91 Å². The highest BCUT2D eigenvalue weighted by atomic mass is 127. The molecule has 1 amide bonds. The van der Waals surface area contributed by atoms with Crippen LogP contribution in [0, 0.1) is 3.57 Å². The molecule has 2 N–H and O–H groups in total. The van der Waals surface area contributed by atoms with E-state index in [0.717, 1.165) is 22.3 Å². The maximum absolute atomic E-state index is 12.0. The second kappa shape index (κ2) is 5.25. The lowest BCUT2D eigenvalue weighted by Crippen LogP contribution is -2.43. The molecular formula is C12H12IN5O. The van der Waals surface area contributed by atoms with Crippen molar-refractivity contribution in [2.45, 2.75) is 6.04 Å². The van der Waals surface area contributed by atoms with Crippen molar-refractivity contribution < 1.29 is 4.79 Å². The number of hydrogen-bond donors (Lipinski definition) is 2. The van der Waals surface area contributed by atoms with E-state index >= 15 is 0 Å². The summed E-state index contributed by atoms with van der Waals surface area (Å²) >= 11 is 2.20. The van der Waals surface area contributed by atoms with Crippen LogP contribution in [0.3, 0.4) is 0 Å². The summed E-state index contributed by atoms with van der Waals surface area (Å²) in [5.41, 5.74) is 1.10. The van der Waals surface area contributed by atoms with Crippen molar-refractivity contribution in [3.63, 3.8) is 0 Å². The summed E-state index contributed by atoms with van der Waals surface area (Å²) in [6.45, 7) is 1.75. The van der Waals surface area contributed by atoms with Crippen molar-refractivity contribution in [2.75, 3.05) is 18.4 Å². The number of aromatic nitrogens is 3. The number of amides is 1. The summed E-state index contributed by atoms with van der Waals surface area (Å²) in [6.07, 6.45) is 1.69. The molecule has 0 aliphatic carbocycles. The van der Waals surface area contributed by atoms with Crippen molar-refractivity contribution in [1.82, 2.24) is 20.3 Å². The maximum atomic E-state index is 12.0. The van der Waals surface area contributed by atoms with Crippen LogP contribution in [0.15, 0.2) is 30.5 Å². The normalized spacial score (nSPS) is 15.0. The Bertz CT molecular complexity index is 608. The summed E-state index contributed by atoms with van der Waals surface area (Å²) in [5, 5.41) is 13.9. The number of benzene rings is 1. The van der Waals surface area contributed by atoms with Gasteiger partial charge >= 0.3 is 0 Å². The van der Waals surface area contributed by atoms with E-state index in [1.165, 1.54) is 0 Å². The molecule has 0 radical (unpaired) electrons. The van der Waals surface area contributed by atoms with Crippen LogP contribution < -0.4 is 10.6 Å². The molecule has 1 aliphatic rings. The van der Waals surface area contributed by atoms with E-state index in [9.17, 15) is 4.79 Å². The Balaban J connectivity index is 1.71. The number of halogens is 1. The Labute approximate surface area is 123 Å². The van der Waals surface area contributed by atoms with Crippen molar-refractivity contribution >= 4 is 34.2 Å². The predicted molar refractivity (Wildman–Crippen MR) is 79.0 cm³/mol. The van der Waals surface area contributed by atoms with Gasteiger partial charge < -0.3 is 10.6 Å². The van der Waals surface area contributed by atoms with E-state index in [2.05, 4.69) is 43.5 Å². The first-order valence-corrected chi connectivity index (χ1v) is 7.00. The molecule has 1 aliphatic heterocycles. The minimum absolute atomic E-state index is 0.236. The van der Waals surface area contributed by atoms with Gasteiger partial charge in [-0.25, -0.2) is 4.68 Å². The number of hydrogen-bond acceptors (Lipinski definition) is 4. The minimum Gasteiger partial charge on any atom is -0.321 e. The van der Waals surface area contributed by atoms with Gasteiger partial charge in [0.2, 0.25) is 0 Å². The number of anilines is 1. The van der Waals surface area contributed by atoms with Gasteiger partial charge in [-0.05, 0) is 40.8 Å². The van der Waals surface area contributed by atoms with Crippen molar-refractivity contribution in [3.8, 4) is 0 Å². The van der Waals surface area contributed by atoms with Gasteiger partial charge in [0.05, 0.1) is 12.2 Å². The van der Waals surface area contributed by atoms with Gasteiger partial charge in [-0.3, -0.25) is 4.79 Å². The van der Waals surface area contributed by atoms with Crippen LogP contribution in [-0.4, -0.2) is 34.0 Å². The molecule has 19 heavy (non-hydrogen) atoms. The Morgan fingerprint density at radius 3 is 3.00 bits per heavy atom. The lowest BCUT2D eigenvalue weighted by atomic mass is 10.2. The lowest BCUT2D eigenvalue weighted by Gasteiger charge is -2.26. The Morgan fingerprint density at radius 2 is 2.32 bits per heavy atom. The molecule has 0 saturated carbocycles. The molecule has 1 aromatic heterocycles. The topological polar surface area (TPSA) is 71.8 Å². The van der Waals surface area contributed by atoms with Crippen LogP contribution in [0.2, 0.25) is 0 Å². The van der Waals surface area contributed by atoms with Crippen LogP contribution in [0.25, 0.3) is 0 Å². The largest absolute Gasteiger partial charge is 0.321 e. The third-order valence-corrected chi connectivity index (χ3v) is 3.63. The molecule has 1 aromatic carbocycles. The molecule has 6 nitrogen and oxygen atoms in total. The number of nitrogens with one attached hydrogen (secondary N) is 2. The molecule has 0 spiro atoms. The van der Waals surface area contributed by atoms with Crippen LogP contribution >= 0.6 is 22.6 Å². The monoisotopic (exact) mass is 369 g/mol. The van der Waals surface area contributed by atoms with Gasteiger partial charge in [0.25, 0.3) is 5.91 Å². The summed E-state index contributed by atoms with van der Waals surface area (Å²) in [5.74, 6) is -0.236. The standard InChI is InChI=1S/C12H12IN5O/c13-8-2-1-3-9(4-8)15-12(19)11-7-18(17-16-11)10-5-14-6-10/h1-4,7,10,14H,5-6H2,(H,15,19). The molecule has 1 fully saturated rings. The Kier molecular flexibility index (Phi) is 3.47. The van der Waals surface area contributed by atoms with Gasteiger partial charge in [0.15, 0.2) is 5.69 Å². The van der Waals surface area contributed by atoms with Gasteiger partial charge in [0.1, 0.15) is 0 Å². The van der Waals surface area contributed by atoms with Crippen molar-refractivity contribution in [2.24, 2.45) is 0 Å². The maximum Gasteiger partial charge on any atom is 0.277 e. The summed E-state index contributed by atoms with van der Waals surface area (Å²) in [6, 6.07) is 7.93. The van der Waals surface area contributed by atoms with Crippen LogP contribution in [-0.2, 0) is 0 Å². The van der Waals surface area contributed by atoms with Gasteiger partial charge in [-0.2, -0.15) is 0 Å². The molecule has 0 unspecified atom stereocenters. The zero-order valence-electron chi connectivity index (χ0n) is 10.0. The average molecular weight is 369 g/mol. The van der Waals surface area contributed by atoms with Gasteiger partial charge in [-0.15, -0.1) is 5.10 Å². The van der Waals surface area contributed by atoms with Crippen LogP contribution in [0.1, 0.15) is 16.5 Å². The fraction of sp³-hybridized carbons (Fsp3) is 0.250. The number of carbonyl (C=O) groups is 1. The van der Waals surface area contributed by atoms with Crippen LogP contribution in [0.4, 0.5) is 5.69 Å². The first kappa shape index (κ1) is 12.5.